The van der Waals surface area contributed by atoms with Gasteiger partial charge in [-0.1, -0.05) is 6.42 Å². The molecule has 0 N–H and O–H groups in total. The van der Waals surface area contributed by atoms with Gasteiger partial charge in [-0.15, -0.1) is 0 Å². The Morgan fingerprint density at radius 1 is 1.07 bits per heavy atom. The lowest BCUT2D eigenvalue weighted by Crippen LogP contribution is -2.50. The van der Waals surface area contributed by atoms with E-state index in [4.69, 9.17) is 0 Å². The van der Waals surface area contributed by atoms with Crippen molar-refractivity contribution in [1.82, 2.24) is 4.90 Å². The zero-order chi connectivity index (χ0) is 11.1. The van der Waals surface area contributed by atoms with Gasteiger partial charge in [0.15, 0.2) is 9.84 Å². The average molecular weight is 231 g/mol. The largest absolute Gasteiger partial charge is 0.294 e. The molecule has 0 aromatic heterocycles. The van der Waals surface area contributed by atoms with E-state index in [2.05, 4.69) is 18.7 Å². The normalized spacial score (nSPS) is 41.9. The summed E-state index contributed by atoms with van der Waals surface area (Å²) in [6, 6.07) is 1.42. The summed E-state index contributed by atoms with van der Waals surface area (Å²) < 4.78 is 22.9. The third kappa shape index (κ3) is 2.36. The summed E-state index contributed by atoms with van der Waals surface area (Å²) in [5.74, 6) is 0.787. The van der Waals surface area contributed by atoms with Gasteiger partial charge < -0.3 is 0 Å². The van der Waals surface area contributed by atoms with Gasteiger partial charge in [0, 0.05) is 18.1 Å². The Kier molecular flexibility index (Phi) is 3.08. The maximum absolute atomic E-state index is 11.5. The van der Waals surface area contributed by atoms with Crippen LogP contribution in [-0.2, 0) is 9.84 Å². The fourth-order valence-electron chi connectivity index (χ4n) is 3.17. The molecular weight excluding hydrogens is 210 g/mol. The highest BCUT2D eigenvalue weighted by atomic mass is 32.2. The van der Waals surface area contributed by atoms with Crippen LogP contribution in [0.25, 0.3) is 0 Å². The fourth-order valence-corrected chi connectivity index (χ4v) is 4.89. The first-order chi connectivity index (χ1) is 6.99. The number of rotatable bonds is 1. The molecule has 0 bridgehead atoms. The van der Waals surface area contributed by atoms with Gasteiger partial charge in [0.1, 0.15) is 0 Å². The molecule has 3 unspecified atom stereocenters. The van der Waals surface area contributed by atoms with E-state index in [9.17, 15) is 8.42 Å². The molecular formula is C11H21NO2S. The van der Waals surface area contributed by atoms with E-state index in [1.165, 1.54) is 19.3 Å². The second kappa shape index (κ2) is 4.06. The highest BCUT2D eigenvalue weighted by molar-refractivity contribution is 7.91. The first-order valence-corrected chi connectivity index (χ1v) is 7.79. The summed E-state index contributed by atoms with van der Waals surface area (Å²) in [4.78, 5) is 2.45. The van der Waals surface area contributed by atoms with Crippen molar-refractivity contribution in [3.05, 3.63) is 0 Å². The van der Waals surface area contributed by atoms with E-state index >= 15 is 0 Å². The standard InChI is InChI=1S/C11H21NO2S/c1-9-4-3-5-10(2)12(9)11-6-7-15(13,14)8-11/h9-11H,3-8H2,1-2H3. The summed E-state index contributed by atoms with van der Waals surface area (Å²) in [7, 11) is -2.73. The molecule has 3 atom stereocenters. The number of likely N-dealkylation sites (tertiary alicyclic amines) is 1. The number of piperidine rings is 1. The minimum atomic E-state index is -2.73. The number of sulfone groups is 1. The van der Waals surface area contributed by atoms with E-state index in [1.54, 1.807) is 0 Å². The van der Waals surface area contributed by atoms with Crippen LogP contribution in [0.4, 0.5) is 0 Å². The summed E-state index contributed by atoms with van der Waals surface area (Å²) in [5.41, 5.74) is 0. The van der Waals surface area contributed by atoms with Crippen molar-refractivity contribution in [1.29, 1.82) is 0 Å². The molecule has 3 nitrogen and oxygen atoms in total. The van der Waals surface area contributed by atoms with Gasteiger partial charge in [-0.25, -0.2) is 8.42 Å². The molecule has 2 rings (SSSR count). The van der Waals surface area contributed by atoms with Gasteiger partial charge in [-0.3, -0.25) is 4.90 Å². The number of nitrogens with zero attached hydrogens (tertiary/aromatic N) is 1. The van der Waals surface area contributed by atoms with Gasteiger partial charge >= 0.3 is 0 Å². The minimum absolute atomic E-state index is 0.292. The van der Waals surface area contributed by atoms with Crippen molar-refractivity contribution >= 4 is 9.84 Å². The lowest BCUT2D eigenvalue weighted by molar-refractivity contribution is 0.0657. The van der Waals surface area contributed by atoms with Crippen LogP contribution >= 0.6 is 0 Å². The summed E-state index contributed by atoms with van der Waals surface area (Å²) in [6.45, 7) is 4.47. The van der Waals surface area contributed by atoms with E-state index < -0.39 is 9.84 Å². The third-order valence-electron chi connectivity index (χ3n) is 3.89. The molecule has 0 saturated carbocycles. The molecule has 0 spiro atoms. The molecule has 0 aliphatic carbocycles. The average Bonchev–Trinajstić information content (AvgIpc) is 2.46. The monoisotopic (exact) mass is 231 g/mol. The van der Waals surface area contributed by atoms with Crippen LogP contribution in [0.3, 0.4) is 0 Å². The lowest BCUT2D eigenvalue weighted by Gasteiger charge is -2.42. The Labute approximate surface area is 92.8 Å². The first-order valence-electron chi connectivity index (χ1n) is 5.97. The van der Waals surface area contributed by atoms with Crippen LogP contribution < -0.4 is 0 Å². The van der Waals surface area contributed by atoms with E-state index in [0.717, 1.165) is 6.42 Å². The SMILES string of the molecule is CC1CCCC(C)N1C1CCS(=O)(=O)C1. The fraction of sp³-hybridized carbons (Fsp3) is 1.00. The lowest BCUT2D eigenvalue weighted by atomic mass is 9.95. The molecule has 2 aliphatic rings. The van der Waals surface area contributed by atoms with Gasteiger partial charge in [0.25, 0.3) is 0 Å². The van der Waals surface area contributed by atoms with Crippen LogP contribution in [-0.4, -0.2) is 42.9 Å². The van der Waals surface area contributed by atoms with E-state index in [-0.39, 0.29) is 0 Å². The van der Waals surface area contributed by atoms with Crippen molar-refractivity contribution in [2.75, 3.05) is 11.5 Å². The van der Waals surface area contributed by atoms with Gasteiger partial charge in [-0.2, -0.15) is 0 Å². The van der Waals surface area contributed by atoms with Crippen LogP contribution in [0.15, 0.2) is 0 Å². The second-order valence-corrected chi connectivity index (χ2v) is 7.36. The molecule has 0 radical (unpaired) electrons. The Morgan fingerprint density at radius 3 is 2.13 bits per heavy atom. The zero-order valence-corrected chi connectivity index (χ0v) is 10.5. The minimum Gasteiger partial charge on any atom is -0.294 e. The molecule has 15 heavy (non-hydrogen) atoms. The molecule has 0 aromatic rings. The summed E-state index contributed by atoms with van der Waals surface area (Å²) in [6.07, 6.45) is 4.58. The summed E-state index contributed by atoms with van der Waals surface area (Å²) in [5, 5.41) is 0. The highest BCUT2D eigenvalue weighted by Gasteiger charge is 2.37. The Balaban J connectivity index is 2.09. The molecule has 4 heteroatoms. The Hall–Kier alpha value is -0.0900. The Bertz CT molecular complexity index is 315. The molecule has 2 saturated heterocycles. The summed E-state index contributed by atoms with van der Waals surface area (Å²) >= 11 is 0. The molecule has 2 heterocycles. The molecule has 0 aromatic carbocycles. The first kappa shape index (κ1) is 11.4. The van der Waals surface area contributed by atoms with Crippen LogP contribution in [0.2, 0.25) is 0 Å². The van der Waals surface area contributed by atoms with Gasteiger partial charge in [0.05, 0.1) is 11.5 Å². The van der Waals surface area contributed by atoms with Crippen LogP contribution in [0.1, 0.15) is 39.5 Å². The molecule has 2 fully saturated rings. The number of hydrogen-bond donors (Lipinski definition) is 0. The predicted molar refractivity (Wildman–Crippen MR) is 61.7 cm³/mol. The molecule has 0 amide bonds. The molecule has 88 valence electrons. The predicted octanol–water partition coefficient (Wildman–Crippen LogP) is 1.44. The van der Waals surface area contributed by atoms with Crippen molar-refractivity contribution in [3.8, 4) is 0 Å². The maximum Gasteiger partial charge on any atom is 0.151 e. The van der Waals surface area contributed by atoms with Crippen LogP contribution in [0, 0.1) is 0 Å². The van der Waals surface area contributed by atoms with Crippen LogP contribution in [0.5, 0.6) is 0 Å². The van der Waals surface area contributed by atoms with Gasteiger partial charge in [0.2, 0.25) is 0 Å². The number of hydrogen-bond acceptors (Lipinski definition) is 3. The smallest absolute Gasteiger partial charge is 0.151 e. The van der Waals surface area contributed by atoms with Crippen molar-refractivity contribution in [2.24, 2.45) is 0 Å². The maximum atomic E-state index is 11.5. The quantitative estimate of drug-likeness (QED) is 0.685. The highest BCUT2D eigenvalue weighted by Crippen LogP contribution is 2.29. The van der Waals surface area contributed by atoms with E-state index in [1.807, 2.05) is 0 Å². The third-order valence-corrected chi connectivity index (χ3v) is 5.64. The van der Waals surface area contributed by atoms with E-state index in [0.29, 0.717) is 29.6 Å². The Morgan fingerprint density at radius 2 is 1.67 bits per heavy atom. The topological polar surface area (TPSA) is 37.4 Å². The zero-order valence-electron chi connectivity index (χ0n) is 9.65. The second-order valence-electron chi connectivity index (χ2n) is 5.13. The van der Waals surface area contributed by atoms with Crippen molar-refractivity contribution < 1.29 is 8.42 Å². The van der Waals surface area contributed by atoms with Crippen molar-refractivity contribution in [3.63, 3.8) is 0 Å². The van der Waals surface area contributed by atoms with Gasteiger partial charge in [-0.05, 0) is 33.1 Å². The molecule has 2 aliphatic heterocycles. The van der Waals surface area contributed by atoms with Crippen molar-refractivity contribution in [2.45, 2.75) is 57.7 Å².